The third-order valence-electron chi connectivity index (χ3n) is 2.75. The van der Waals surface area contributed by atoms with E-state index in [1.807, 2.05) is 6.07 Å². The molecule has 1 aromatic heterocycles. The van der Waals surface area contributed by atoms with Crippen LogP contribution in [0.4, 0.5) is 0 Å². The Labute approximate surface area is 116 Å². The topological polar surface area (TPSA) is 20.2 Å². The maximum Gasteiger partial charge on any atom is 0.0882 e. The van der Waals surface area contributed by atoms with Crippen LogP contribution in [0.25, 0.3) is 0 Å². The third kappa shape index (κ3) is 5.64. The Hall–Kier alpha value is 0.390. The Bertz CT molecular complexity index is 285. The van der Waals surface area contributed by atoms with Crippen molar-refractivity contribution in [3.8, 4) is 0 Å². The van der Waals surface area contributed by atoms with Gasteiger partial charge >= 0.3 is 0 Å². The maximum atomic E-state index is 9.94. The van der Waals surface area contributed by atoms with Gasteiger partial charge in [0, 0.05) is 4.88 Å². The Morgan fingerprint density at radius 3 is 2.50 bits per heavy atom. The molecule has 1 unspecified atom stereocenters. The normalized spacial score (nSPS) is 12.9. The summed E-state index contributed by atoms with van der Waals surface area (Å²) in [6.07, 6.45) is 8.43. The number of halogens is 1. The SMILES string of the molecule is CCCCCCCCC(O)c1ccc(I)s1. The minimum atomic E-state index is -0.236. The maximum absolute atomic E-state index is 9.94. The molecule has 0 aromatic carbocycles. The summed E-state index contributed by atoms with van der Waals surface area (Å²) in [5.41, 5.74) is 0. The molecule has 0 amide bonds. The van der Waals surface area contributed by atoms with E-state index in [9.17, 15) is 5.11 Å². The number of unbranched alkanes of at least 4 members (excludes halogenated alkanes) is 5. The Morgan fingerprint density at radius 1 is 1.19 bits per heavy atom. The zero-order valence-electron chi connectivity index (χ0n) is 9.92. The van der Waals surface area contributed by atoms with Crippen LogP contribution in [-0.2, 0) is 0 Å². The van der Waals surface area contributed by atoms with Gasteiger partial charge in [-0.05, 0) is 41.1 Å². The predicted molar refractivity (Wildman–Crippen MR) is 80.0 cm³/mol. The van der Waals surface area contributed by atoms with Gasteiger partial charge in [0.2, 0.25) is 0 Å². The fraction of sp³-hybridized carbons (Fsp3) is 0.692. The molecule has 0 saturated heterocycles. The van der Waals surface area contributed by atoms with Crippen molar-refractivity contribution in [2.24, 2.45) is 0 Å². The van der Waals surface area contributed by atoms with Crippen LogP contribution in [0.1, 0.15) is 62.9 Å². The first-order chi connectivity index (χ1) is 7.74. The molecule has 1 N–H and O–H groups in total. The van der Waals surface area contributed by atoms with E-state index in [1.54, 1.807) is 11.3 Å². The number of aliphatic hydroxyl groups is 1. The van der Waals surface area contributed by atoms with E-state index in [4.69, 9.17) is 0 Å². The summed E-state index contributed by atoms with van der Waals surface area (Å²) in [4.78, 5) is 1.12. The molecular formula is C13H21IOS. The lowest BCUT2D eigenvalue weighted by Crippen LogP contribution is -1.94. The molecule has 0 aliphatic rings. The van der Waals surface area contributed by atoms with Gasteiger partial charge in [-0.25, -0.2) is 0 Å². The van der Waals surface area contributed by atoms with Gasteiger partial charge in [-0.1, -0.05) is 45.4 Å². The lowest BCUT2D eigenvalue weighted by Gasteiger charge is -2.07. The van der Waals surface area contributed by atoms with E-state index in [-0.39, 0.29) is 6.10 Å². The van der Waals surface area contributed by atoms with Crippen LogP contribution in [0.5, 0.6) is 0 Å². The lowest BCUT2D eigenvalue weighted by molar-refractivity contribution is 0.167. The first kappa shape index (κ1) is 14.5. The first-order valence-corrected chi connectivity index (χ1v) is 8.07. The average Bonchev–Trinajstić information content (AvgIpc) is 2.70. The fourth-order valence-electron chi connectivity index (χ4n) is 1.77. The molecule has 1 nitrogen and oxygen atoms in total. The second-order valence-electron chi connectivity index (χ2n) is 4.21. The minimum Gasteiger partial charge on any atom is -0.388 e. The highest BCUT2D eigenvalue weighted by molar-refractivity contribution is 14.1. The number of hydrogen-bond acceptors (Lipinski definition) is 2. The first-order valence-electron chi connectivity index (χ1n) is 6.17. The molecular weight excluding hydrogens is 331 g/mol. The molecule has 0 bridgehead atoms. The molecule has 1 atom stereocenters. The van der Waals surface area contributed by atoms with E-state index in [1.165, 1.54) is 35.0 Å². The van der Waals surface area contributed by atoms with Gasteiger partial charge < -0.3 is 5.11 Å². The standard InChI is InChI=1S/C13H21IOS/c1-2-3-4-5-6-7-8-11(15)12-9-10-13(14)16-12/h9-11,15H,2-8H2,1H3. The van der Waals surface area contributed by atoms with Crippen molar-refractivity contribution in [2.75, 3.05) is 0 Å². The molecule has 0 saturated carbocycles. The molecule has 92 valence electrons. The number of aliphatic hydroxyl groups excluding tert-OH is 1. The van der Waals surface area contributed by atoms with Crippen LogP contribution in [0.15, 0.2) is 12.1 Å². The minimum absolute atomic E-state index is 0.236. The van der Waals surface area contributed by atoms with Crippen LogP contribution < -0.4 is 0 Å². The van der Waals surface area contributed by atoms with Gasteiger partial charge in [0.1, 0.15) is 0 Å². The third-order valence-corrected chi connectivity index (χ3v) is 4.75. The fourth-order valence-corrected chi connectivity index (χ4v) is 3.46. The molecule has 16 heavy (non-hydrogen) atoms. The molecule has 1 rings (SSSR count). The largest absolute Gasteiger partial charge is 0.388 e. The molecule has 0 aliphatic heterocycles. The van der Waals surface area contributed by atoms with E-state index in [2.05, 4.69) is 35.6 Å². The van der Waals surface area contributed by atoms with Gasteiger partial charge in [0.25, 0.3) is 0 Å². The van der Waals surface area contributed by atoms with Crippen molar-refractivity contribution in [1.29, 1.82) is 0 Å². The second kappa shape index (κ2) is 8.48. The van der Waals surface area contributed by atoms with Crippen LogP contribution in [0, 0.1) is 2.88 Å². The lowest BCUT2D eigenvalue weighted by atomic mass is 10.1. The zero-order valence-corrected chi connectivity index (χ0v) is 12.9. The summed E-state index contributed by atoms with van der Waals surface area (Å²) in [7, 11) is 0. The number of thiophene rings is 1. The van der Waals surface area contributed by atoms with Gasteiger partial charge in [0.15, 0.2) is 0 Å². The quantitative estimate of drug-likeness (QED) is 0.508. The molecule has 0 aliphatic carbocycles. The van der Waals surface area contributed by atoms with Gasteiger partial charge in [-0.2, -0.15) is 0 Å². The van der Waals surface area contributed by atoms with Gasteiger partial charge in [-0.3, -0.25) is 0 Å². The molecule has 0 fully saturated rings. The summed E-state index contributed by atoms with van der Waals surface area (Å²) in [6, 6.07) is 4.12. The highest BCUT2D eigenvalue weighted by Crippen LogP contribution is 2.27. The molecule has 1 heterocycles. The summed E-state index contributed by atoms with van der Waals surface area (Å²) >= 11 is 4.01. The zero-order chi connectivity index (χ0) is 11.8. The Morgan fingerprint density at radius 2 is 1.88 bits per heavy atom. The van der Waals surface area contributed by atoms with Crippen molar-refractivity contribution in [3.63, 3.8) is 0 Å². The van der Waals surface area contributed by atoms with Crippen LogP contribution in [-0.4, -0.2) is 5.11 Å². The summed E-state index contributed by atoms with van der Waals surface area (Å²) in [5.74, 6) is 0. The van der Waals surface area contributed by atoms with Gasteiger partial charge in [-0.15, -0.1) is 11.3 Å². The van der Waals surface area contributed by atoms with Crippen molar-refractivity contribution >= 4 is 33.9 Å². The van der Waals surface area contributed by atoms with Crippen molar-refractivity contribution in [1.82, 2.24) is 0 Å². The Balaban J connectivity index is 2.09. The molecule has 0 spiro atoms. The van der Waals surface area contributed by atoms with E-state index < -0.39 is 0 Å². The van der Waals surface area contributed by atoms with Crippen molar-refractivity contribution in [3.05, 3.63) is 19.9 Å². The molecule has 3 heteroatoms. The van der Waals surface area contributed by atoms with Crippen LogP contribution in [0.2, 0.25) is 0 Å². The predicted octanol–water partition coefficient (Wildman–Crippen LogP) is 5.14. The summed E-state index contributed by atoms with van der Waals surface area (Å²) in [5, 5.41) is 9.94. The highest BCUT2D eigenvalue weighted by Gasteiger charge is 2.09. The van der Waals surface area contributed by atoms with Crippen molar-refractivity contribution in [2.45, 2.75) is 58.0 Å². The summed E-state index contributed by atoms with van der Waals surface area (Å²) < 4.78 is 1.26. The van der Waals surface area contributed by atoms with Gasteiger partial charge in [0.05, 0.1) is 8.99 Å². The van der Waals surface area contributed by atoms with Crippen LogP contribution >= 0.6 is 33.9 Å². The monoisotopic (exact) mass is 352 g/mol. The molecule has 0 radical (unpaired) electrons. The second-order valence-corrected chi connectivity index (χ2v) is 7.22. The van der Waals surface area contributed by atoms with Crippen LogP contribution in [0.3, 0.4) is 0 Å². The van der Waals surface area contributed by atoms with Crippen molar-refractivity contribution < 1.29 is 5.11 Å². The average molecular weight is 352 g/mol. The van der Waals surface area contributed by atoms with E-state index >= 15 is 0 Å². The number of hydrogen-bond donors (Lipinski definition) is 1. The highest BCUT2D eigenvalue weighted by atomic mass is 127. The van der Waals surface area contributed by atoms with E-state index in [0.717, 1.165) is 17.7 Å². The summed E-state index contributed by atoms with van der Waals surface area (Å²) in [6.45, 7) is 2.24. The van der Waals surface area contributed by atoms with E-state index in [0.29, 0.717) is 0 Å². The molecule has 1 aromatic rings. The Kier molecular flexibility index (Phi) is 7.66. The number of rotatable bonds is 8. The smallest absolute Gasteiger partial charge is 0.0882 e.